The van der Waals surface area contributed by atoms with Gasteiger partial charge in [-0.3, -0.25) is 4.79 Å². The van der Waals surface area contributed by atoms with Crippen molar-refractivity contribution in [3.8, 4) is 12.3 Å². The van der Waals surface area contributed by atoms with E-state index in [1.165, 1.54) is 0 Å². The maximum Gasteiger partial charge on any atom is 0.397 e. The molecule has 0 spiro atoms. The Hall–Kier alpha value is -1.50. The third kappa shape index (κ3) is 6.10. The van der Waals surface area contributed by atoms with E-state index in [0.29, 0.717) is 13.0 Å². The number of terminal acetylenes is 1. The zero-order valence-corrected chi connectivity index (χ0v) is 13.6. The Labute approximate surface area is 122 Å². The normalized spacial score (nSPS) is 11.7. The van der Waals surface area contributed by atoms with Crippen molar-refractivity contribution in [2.45, 2.75) is 59.9 Å². The van der Waals surface area contributed by atoms with Gasteiger partial charge in [0.05, 0.1) is 6.61 Å². The summed E-state index contributed by atoms with van der Waals surface area (Å²) in [5.41, 5.74) is -0.497. The maximum atomic E-state index is 12.2. The minimum Gasteiger partial charge on any atom is -0.459 e. The van der Waals surface area contributed by atoms with Gasteiger partial charge in [0.2, 0.25) is 0 Å². The average molecular weight is 281 g/mol. The molecule has 0 aromatic heterocycles. The average Bonchev–Trinajstić information content (AvgIpc) is 2.27. The minimum absolute atomic E-state index is 0.0623. The number of hydrogen-bond acceptors (Lipinski definition) is 3. The molecular formula is C16H27NO3. The van der Waals surface area contributed by atoms with Crippen molar-refractivity contribution in [1.29, 1.82) is 0 Å². The first-order valence-corrected chi connectivity index (χ1v) is 6.97. The molecule has 4 nitrogen and oxygen atoms in total. The van der Waals surface area contributed by atoms with Crippen LogP contribution in [-0.4, -0.2) is 35.5 Å². The van der Waals surface area contributed by atoms with Crippen molar-refractivity contribution in [3.05, 3.63) is 0 Å². The minimum atomic E-state index is -0.794. The first-order valence-electron chi connectivity index (χ1n) is 6.97. The first kappa shape index (κ1) is 18.5. The summed E-state index contributed by atoms with van der Waals surface area (Å²) in [6.07, 6.45) is 6.72. The van der Waals surface area contributed by atoms with E-state index in [2.05, 4.69) is 19.8 Å². The predicted molar refractivity (Wildman–Crippen MR) is 79.9 cm³/mol. The molecule has 0 radical (unpaired) electrons. The van der Waals surface area contributed by atoms with Crippen molar-refractivity contribution in [3.63, 3.8) is 0 Å². The molecule has 0 aliphatic heterocycles. The van der Waals surface area contributed by atoms with E-state index in [-0.39, 0.29) is 12.0 Å². The van der Waals surface area contributed by atoms with Crippen molar-refractivity contribution < 1.29 is 14.3 Å². The molecule has 0 heterocycles. The smallest absolute Gasteiger partial charge is 0.397 e. The molecule has 0 unspecified atom stereocenters. The fourth-order valence-electron chi connectivity index (χ4n) is 1.82. The summed E-state index contributed by atoms with van der Waals surface area (Å²) < 4.78 is 4.80. The van der Waals surface area contributed by atoms with Gasteiger partial charge in [0.25, 0.3) is 0 Å². The lowest BCUT2D eigenvalue weighted by atomic mass is 9.85. The first-order chi connectivity index (χ1) is 9.05. The molecule has 20 heavy (non-hydrogen) atoms. The summed E-state index contributed by atoms with van der Waals surface area (Å²) in [5, 5.41) is 0. The quantitative estimate of drug-likeness (QED) is 0.442. The molecule has 0 bridgehead atoms. The van der Waals surface area contributed by atoms with Gasteiger partial charge in [0, 0.05) is 18.5 Å². The molecule has 0 N–H and O–H groups in total. The Morgan fingerprint density at radius 3 is 2.15 bits per heavy atom. The molecule has 0 rings (SSSR count). The van der Waals surface area contributed by atoms with E-state index in [1.807, 2.05) is 20.8 Å². The van der Waals surface area contributed by atoms with Crippen LogP contribution in [0.15, 0.2) is 0 Å². The van der Waals surface area contributed by atoms with Gasteiger partial charge in [-0.1, -0.05) is 13.8 Å². The zero-order chi connectivity index (χ0) is 16.0. The summed E-state index contributed by atoms with van der Waals surface area (Å²) in [6.45, 7) is 12.2. The Kier molecular flexibility index (Phi) is 6.78. The highest BCUT2D eigenvalue weighted by atomic mass is 16.5. The molecule has 0 atom stereocenters. The topological polar surface area (TPSA) is 46.6 Å². The largest absolute Gasteiger partial charge is 0.459 e. The zero-order valence-electron chi connectivity index (χ0n) is 13.6. The summed E-state index contributed by atoms with van der Waals surface area (Å²) in [5.74, 6) is 1.27. The Balaban J connectivity index is 4.90. The van der Waals surface area contributed by atoms with Crippen LogP contribution < -0.4 is 0 Å². The van der Waals surface area contributed by atoms with Gasteiger partial charge in [-0.15, -0.1) is 12.3 Å². The van der Waals surface area contributed by atoms with Gasteiger partial charge >= 0.3 is 11.9 Å². The van der Waals surface area contributed by atoms with Gasteiger partial charge < -0.3 is 9.64 Å². The van der Waals surface area contributed by atoms with Crippen LogP contribution in [0.25, 0.3) is 0 Å². The standard InChI is InChI=1S/C16H27NO3/c1-8-10-16(6,7)11-12-17(15(3,4)5)13(18)14(19)20-9-2/h1H,9-12H2,2-7H3. The molecule has 4 heteroatoms. The molecule has 0 aliphatic rings. The second-order valence-electron chi connectivity index (χ2n) is 6.64. The van der Waals surface area contributed by atoms with Gasteiger partial charge in [-0.2, -0.15) is 0 Å². The molecular weight excluding hydrogens is 254 g/mol. The van der Waals surface area contributed by atoms with Crippen LogP contribution in [-0.2, 0) is 14.3 Å². The van der Waals surface area contributed by atoms with Gasteiger partial charge in [-0.05, 0) is 39.5 Å². The van der Waals surface area contributed by atoms with E-state index in [0.717, 1.165) is 6.42 Å². The van der Waals surface area contributed by atoms with Crippen LogP contribution in [0.3, 0.4) is 0 Å². The summed E-state index contributed by atoms with van der Waals surface area (Å²) in [6, 6.07) is 0. The van der Waals surface area contributed by atoms with Crippen LogP contribution in [0, 0.1) is 17.8 Å². The molecule has 1 amide bonds. The number of carbonyl (C=O) groups is 2. The fourth-order valence-corrected chi connectivity index (χ4v) is 1.82. The van der Waals surface area contributed by atoms with Crippen LogP contribution in [0.5, 0.6) is 0 Å². The van der Waals surface area contributed by atoms with Crippen molar-refractivity contribution in [1.82, 2.24) is 4.90 Å². The molecule has 0 fully saturated rings. The SMILES string of the molecule is C#CCC(C)(C)CCN(C(=O)C(=O)OCC)C(C)(C)C. The molecule has 0 aromatic rings. The van der Waals surface area contributed by atoms with Gasteiger partial charge in [0.1, 0.15) is 0 Å². The second kappa shape index (κ2) is 7.33. The lowest BCUT2D eigenvalue weighted by Gasteiger charge is -2.37. The number of ether oxygens (including phenoxy) is 1. The molecule has 0 saturated carbocycles. The van der Waals surface area contributed by atoms with E-state index in [9.17, 15) is 9.59 Å². The molecule has 0 aromatic carbocycles. The summed E-state index contributed by atoms with van der Waals surface area (Å²) in [4.78, 5) is 25.4. The monoisotopic (exact) mass is 281 g/mol. The second-order valence-corrected chi connectivity index (χ2v) is 6.64. The Bertz CT molecular complexity index is 386. The molecule has 114 valence electrons. The van der Waals surface area contributed by atoms with E-state index >= 15 is 0 Å². The number of rotatable bonds is 5. The lowest BCUT2D eigenvalue weighted by molar-refractivity contribution is -0.162. The maximum absolute atomic E-state index is 12.2. The predicted octanol–water partition coefficient (Wildman–Crippen LogP) is 2.62. The van der Waals surface area contributed by atoms with E-state index in [1.54, 1.807) is 11.8 Å². The van der Waals surface area contributed by atoms with Crippen molar-refractivity contribution in [2.24, 2.45) is 5.41 Å². The number of nitrogens with zero attached hydrogens (tertiary/aromatic N) is 1. The van der Waals surface area contributed by atoms with E-state index in [4.69, 9.17) is 11.2 Å². The van der Waals surface area contributed by atoms with Crippen LogP contribution in [0.2, 0.25) is 0 Å². The highest BCUT2D eigenvalue weighted by Crippen LogP contribution is 2.26. The number of hydrogen-bond donors (Lipinski definition) is 0. The van der Waals surface area contributed by atoms with Crippen LogP contribution >= 0.6 is 0 Å². The van der Waals surface area contributed by atoms with Crippen molar-refractivity contribution >= 4 is 11.9 Å². The Morgan fingerprint density at radius 2 is 1.75 bits per heavy atom. The van der Waals surface area contributed by atoms with Crippen molar-refractivity contribution in [2.75, 3.05) is 13.2 Å². The summed E-state index contributed by atoms with van der Waals surface area (Å²) >= 11 is 0. The highest BCUT2D eigenvalue weighted by Gasteiger charge is 2.33. The molecule has 0 saturated heterocycles. The number of esters is 1. The number of amides is 1. The van der Waals surface area contributed by atoms with Gasteiger partial charge in [0.15, 0.2) is 0 Å². The van der Waals surface area contributed by atoms with Crippen LogP contribution in [0.4, 0.5) is 0 Å². The third-order valence-electron chi connectivity index (χ3n) is 3.10. The third-order valence-corrected chi connectivity index (χ3v) is 3.10. The van der Waals surface area contributed by atoms with E-state index < -0.39 is 17.4 Å². The van der Waals surface area contributed by atoms with Crippen LogP contribution in [0.1, 0.15) is 54.4 Å². The fraction of sp³-hybridized carbons (Fsp3) is 0.750. The summed E-state index contributed by atoms with van der Waals surface area (Å²) in [7, 11) is 0. The lowest BCUT2D eigenvalue weighted by Crippen LogP contribution is -2.50. The number of carbonyl (C=O) groups excluding carboxylic acids is 2. The highest BCUT2D eigenvalue weighted by molar-refractivity contribution is 6.32. The Morgan fingerprint density at radius 1 is 1.20 bits per heavy atom. The van der Waals surface area contributed by atoms with Gasteiger partial charge in [-0.25, -0.2) is 4.79 Å². The molecule has 0 aliphatic carbocycles.